The summed E-state index contributed by atoms with van der Waals surface area (Å²) in [5.41, 5.74) is 0.487. The van der Waals surface area contributed by atoms with Crippen molar-refractivity contribution in [2.24, 2.45) is 0 Å². The van der Waals surface area contributed by atoms with Gasteiger partial charge in [-0.1, -0.05) is 18.2 Å². The first kappa shape index (κ1) is 16.6. The molecule has 2 rings (SSSR count). The zero-order valence-corrected chi connectivity index (χ0v) is 13.6. The first-order valence-electron chi connectivity index (χ1n) is 6.58. The second-order valence-corrected chi connectivity index (χ2v) is 7.94. The zero-order valence-electron chi connectivity index (χ0n) is 12.0. The smallest absolute Gasteiger partial charge is 0.258 e. The molecule has 0 unspecified atom stereocenters. The fourth-order valence-electron chi connectivity index (χ4n) is 1.90. The molecule has 0 saturated carbocycles. The Morgan fingerprint density at radius 2 is 1.91 bits per heavy atom. The second-order valence-electron chi connectivity index (χ2n) is 4.83. The van der Waals surface area contributed by atoms with Gasteiger partial charge in [0.1, 0.15) is 0 Å². The van der Waals surface area contributed by atoms with Crippen molar-refractivity contribution in [3.05, 3.63) is 62.3 Å². The predicted octanol–water partition coefficient (Wildman–Crippen LogP) is 2.66. The third-order valence-electron chi connectivity index (χ3n) is 3.22. The summed E-state index contributed by atoms with van der Waals surface area (Å²) in [5.74, 6) is -0.161. The number of likely N-dealkylation sites (N-methyl/N-ethyl adjacent to an activating group) is 1. The SMILES string of the molecule is CN(CCc1cccs1)S(=O)(=O)Cc1ccc([N+](=O)[O-])cc1. The molecule has 2 aromatic rings. The third kappa shape index (κ3) is 4.36. The lowest BCUT2D eigenvalue weighted by Gasteiger charge is -2.16. The number of nitro groups is 1. The molecule has 118 valence electrons. The van der Waals surface area contributed by atoms with Gasteiger partial charge in [-0.05, 0) is 23.4 Å². The first-order chi connectivity index (χ1) is 10.4. The van der Waals surface area contributed by atoms with Crippen LogP contribution in [0.4, 0.5) is 5.69 Å². The van der Waals surface area contributed by atoms with Crippen LogP contribution in [-0.2, 0) is 22.2 Å². The molecule has 6 nitrogen and oxygen atoms in total. The lowest BCUT2D eigenvalue weighted by molar-refractivity contribution is -0.384. The van der Waals surface area contributed by atoms with Crippen molar-refractivity contribution in [2.75, 3.05) is 13.6 Å². The van der Waals surface area contributed by atoms with Crippen molar-refractivity contribution in [3.63, 3.8) is 0 Å². The van der Waals surface area contributed by atoms with Gasteiger partial charge in [-0.25, -0.2) is 12.7 Å². The maximum atomic E-state index is 12.3. The van der Waals surface area contributed by atoms with Crippen molar-refractivity contribution >= 4 is 27.0 Å². The lowest BCUT2D eigenvalue weighted by atomic mass is 10.2. The molecular formula is C14H16N2O4S2. The molecule has 0 atom stereocenters. The van der Waals surface area contributed by atoms with Gasteiger partial charge in [-0.2, -0.15) is 0 Å². The van der Waals surface area contributed by atoms with Gasteiger partial charge in [-0.15, -0.1) is 11.3 Å². The Morgan fingerprint density at radius 1 is 1.23 bits per heavy atom. The van der Waals surface area contributed by atoms with E-state index >= 15 is 0 Å². The fourth-order valence-corrected chi connectivity index (χ4v) is 3.80. The molecule has 0 amide bonds. The molecule has 0 aliphatic rings. The molecule has 1 aromatic carbocycles. The van der Waals surface area contributed by atoms with E-state index < -0.39 is 14.9 Å². The Bertz CT molecular complexity index is 725. The van der Waals surface area contributed by atoms with Crippen molar-refractivity contribution in [2.45, 2.75) is 12.2 Å². The number of rotatable bonds is 7. The maximum Gasteiger partial charge on any atom is 0.269 e. The van der Waals surface area contributed by atoms with Crippen LogP contribution in [0.2, 0.25) is 0 Å². The number of nitrogens with zero attached hydrogens (tertiary/aromatic N) is 2. The van der Waals surface area contributed by atoms with E-state index in [0.717, 1.165) is 4.88 Å². The molecule has 0 saturated heterocycles. The zero-order chi connectivity index (χ0) is 16.2. The van der Waals surface area contributed by atoms with Crippen LogP contribution >= 0.6 is 11.3 Å². The van der Waals surface area contributed by atoms with E-state index in [0.29, 0.717) is 18.5 Å². The predicted molar refractivity (Wildman–Crippen MR) is 86.4 cm³/mol. The van der Waals surface area contributed by atoms with Gasteiger partial charge >= 0.3 is 0 Å². The normalized spacial score (nSPS) is 11.7. The van der Waals surface area contributed by atoms with Crippen LogP contribution in [0.5, 0.6) is 0 Å². The van der Waals surface area contributed by atoms with E-state index in [1.54, 1.807) is 18.4 Å². The minimum atomic E-state index is -3.43. The summed E-state index contributed by atoms with van der Waals surface area (Å²) in [6.07, 6.45) is 0.674. The van der Waals surface area contributed by atoms with Crippen LogP contribution < -0.4 is 0 Å². The van der Waals surface area contributed by atoms with E-state index in [2.05, 4.69) is 0 Å². The summed E-state index contributed by atoms with van der Waals surface area (Å²) < 4.78 is 25.9. The number of hydrogen-bond donors (Lipinski definition) is 0. The Balaban J connectivity index is 1.98. The average molecular weight is 340 g/mol. The molecule has 22 heavy (non-hydrogen) atoms. The first-order valence-corrected chi connectivity index (χ1v) is 9.07. The van der Waals surface area contributed by atoms with Crippen LogP contribution in [0.3, 0.4) is 0 Å². The summed E-state index contributed by atoms with van der Waals surface area (Å²) >= 11 is 1.60. The molecule has 0 bridgehead atoms. The molecule has 0 radical (unpaired) electrons. The van der Waals surface area contributed by atoms with E-state index in [-0.39, 0.29) is 11.4 Å². The highest BCUT2D eigenvalue weighted by Crippen LogP contribution is 2.16. The van der Waals surface area contributed by atoms with Gasteiger partial charge in [0.25, 0.3) is 5.69 Å². The molecule has 1 heterocycles. The van der Waals surface area contributed by atoms with E-state index in [4.69, 9.17) is 0 Å². The highest BCUT2D eigenvalue weighted by atomic mass is 32.2. The molecule has 0 aliphatic heterocycles. The standard InChI is InChI=1S/C14H16N2O4S2/c1-15(9-8-14-3-2-10-21-14)22(19,20)11-12-4-6-13(7-5-12)16(17)18/h2-7,10H,8-9,11H2,1H3. The quantitative estimate of drug-likeness (QED) is 0.573. The summed E-state index contributed by atoms with van der Waals surface area (Å²) in [6.45, 7) is 0.413. The van der Waals surface area contributed by atoms with Gasteiger partial charge in [-0.3, -0.25) is 10.1 Å². The average Bonchev–Trinajstić information content (AvgIpc) is 2.98. The number of thiophene rings is 1. The Morgan fingerprint density at radius 3 is 2.45 bits per heavy atom. The molecule has 8 heteroatoms. The van der Waals surface area contributed by atoms with E-state index in [9.17, 15) is 18.5 Å². The molecule has 0 spiro atoms. The molecular weight excluding hydrogens is 324 g/mol. The Kier molecular flexibility index (Phi) is 5.28. The van der Waals surface area contributed by atoms with Gasteiger partial charge < -0.3 is 0 Å². The van der Waals surface area contributed by atoms with Crippen LogP contribution in [0.1, 0.15) is 10.4 Å². The number of sulfonamides is 1. The highest BCUT2D eigenvalue weighted by Gasteiger charge is 2.19. The Labute approximate surface area is 133 Å². The molecule has 0 fully saturated rings. The van der Waals surface area contributed by atoms with E-state index in [1.165, 1.54) is 28.6 Å². The van der Waals surface area contributed by atoms with Crippen LogP contribution in [0, 0.1) is 10.1 Å². The number of benzene rings is 1. The molecule has 1 aromatic heterocycles. The summed E-state index contributed by atoms with van der Waals surface area (Å²) in [6, 6.07) is 9.49. The summed E-state index contributed by atoms with van der Waals surface area (Å²) in [5, 5.41) is 12.5. The van der Waals surface area contributed by atoms with Gasteiger partial charge in [0.15, 0.2) is 0 Å². The van der Waals surface area contributed by atoms with E-state index in [1.807, 2.05) is 17.5 Å². The number of non-ortho nitro benzene ring substituents is 1. The topological polar surface area (TPSA) is 80.5 Å². The highest BCUT2D eigenvalue weighted by molar-refractivity contribution is 7.88. The fraction of sp³-hybridized carbons (Fsp3) is 0.286. The van der Waals surface area contributed by atoms with Crippen LogP contribution in [0.15, 0.2) is 41.8 Å². The maximum absolute atomic E-state index is 12.3. The van der Waals surface area contributed by atoms with Crippen LogP contribution in [-0.4, -0.2) is 31.2 Å². The number of nitro benzene ring substituents is 1. The van der Waals surface area contributed by atoms with Crippen molar-refractivity contribution in [3.8, 4) is 0 Å². The molecule has 0 N–H and O–H groups in total. The van der Waals surface area contributed by atoms with Crippen molar-refractivity contribution in [1.82, 2.24) is 4.31 Å². The van der Waals surface area contributed by atoms with Gasteiger partial charge in [0.05, 0.1) is 10.7 Å². The number of hydrogen-bond acceptors (Lipinski definition) is 5. The summed E-state index contributed by atoms with van der Waals surface area (Å²) in [7, 11) is -1.88. The largest absolute Gasteiger partial charge is 0.269 e. The van der Waals surface area contributed by atoms with Crippen molar-refractivity contribution < 1.29 is 13.3 Å². The van der Waals surface area contributed by atoms with Crippen molar-refractivity contribution in [1.29, 1.82) is 0 Å². The lowest BCUT2D eigenvalue weighted by Crippen LogP contribution is -2.30. The molecule has 0 aliphatic carbocycles. The second kappa shape index (κ2) is 6.99. The third-order valence-corrected chi connectivity index (χ3v) is 5.99. The monoisotopic (exact) mass is 340 g/mol. The van der Waals surface area contributed by atoms with Gasteiger partial charge in [0, 0.05) is 30.6 Å². The van der Waals surface area contributed by atoms with Gasteiger partial charge in [0.2, 0.25) is 10.0 Å². The minimum Gasteiger partial charge on any atom is -0.258 e. The minimum absolute atomic E-state index is 0.0489. The Hall–Kier alpha value is -1.77. The van der Waals surface area contributed by atoms with Crippen LogP contribution in [0.25, 0.3) is 0 Å². The summed E-state index contributed by atoms with van der Waals surface area (Å²) in [4.78, 5) is 11.2.